The lowest BCUT2D eigenvalue weighted by Gasteiger charge is -1.95. The zero-order valence-corrected chi connectivity index (χ0v) is 6.41. The zero-order valence-electron chi connectivity index (χ0n) is 14.8. The average molecular weight is 210 g/mol. The average Bonchev–Trinajstić information content (AvgIpc) is 2.29. The molecule has 0 bridgehead atoms. The second kappa shape index (κ2) is 3.71. The fourth-order valence-corrected chi connectivity index (χ4v) is 0.581. The Morgan fingerprint density at radius 2 is 2.80 bits per heavy atom. The summed E-state index contributed by atoms with van der Waals surface area (Å²) in [7, 11) is 0. The minimum Gasteiger partial charge on any atom is -0.260 e. The molecule has 0 fully saturated rings. The van der Waals surface area contributed by atoms with Crippen LogP contribution in [0.2, 0.25) is 0 Å². The van der Waals surface area contributed by atoms with Crippen LogP contribution in [-0.2, 0) is 6.37 Å². The lowest BCUT2D eigenvalue weighted by atomic mass is 10.2. The quantitative estimate of drug-likeness (QED) is 0.731. The summed E-state index contributed by atoms with van der Waals surface area (Å²) in [5, 5.41) is 0. The van der Waals surface area contributed by atoms with E-state index in [1.165, 1.54) is 0 Å². The SMILES string of the molecule is [2H]c1nc(C([2H])([2H])C([2H])([2H])C([2H])([2H])[2H])c([2H])c([2H])c1Br. The standard InChI is InChI=1S/C8H10BrN/c1-2-3-8-5-4-7(9)6-10-8/h4-6H,2-3H2,1H3/i1D3,2D2,3D2,4D,5D,6D. The topological polar surface area (TPSA) is 12.9 Å². The van der Waals surface area contributed by atoms with Crippen LogP contribution in [0.4, 0.5) is 0 Å². The maximum absolute atomic E-state index is 7.70. The van der Waals surface area contributed by atoms with E-state index in [4.69, 9.17) is 13.7 Å². The molecule has 0 unspecified atom stereocenters. The van der Waals surface area contributed by atoms with Crippen molar-refractivity contribution in [1.29, 1.82) is 0 Å². The molecule has 0 atom stereocenters. The van der Waals surface area contributed by atoms with Gasteiger partial charge in [-0.25, -0.2) is 0 Å². The highest BCUT2D eigenvalue weighted by atomic mass is 79.9. The van der Waals surface area contributed by atoms with E-state index in [1.54, 1.807) is 0 Å². The Bertz CT molecular complexity index is 537. The minimum absolute atomic E-state index is 0.142. The van der Waals surface area contributed by atoms with E-state index in [-0.39, 0.29) is 4.47 Å². The molecule has 0 amide bonds. The zero-order chi connectivity index (χ0) is 16.1. The van der Waals surface area contributed by atoms with Gasteiger partial charge in [-0.1, -0.05) is 13.2 Å². The van der Waals surface area contributed by atoms with Crippen molar-refractivity contribution in [2.75, 3.05) is 0 Å². The van der Waals surface area contributed by atoms with Gasteiger partial charge >= 0.3 is 0 Å². The third kappa shape index (κ3) is 2.10. The van der Waals surface area contributed by atoms with Gasteiger partial charge in [0.2, 0.25) is 0 Å². The summed E-state index contributed by atoms with van der Waals surface area (Å²) in [4.78, 5) is 3.43. The van der Waals surface area contributed by atoms with E-state index in [9.17, 15) is 0 Å². The normalized spacial score (nSPS) is 28.5. The Morgan fingerprint density at radius 1 is 1.90 bits per heavy atom. The fraction of sp³-hybridized carbons (Fsp3) is 0.375. The van der Waals surface area contributed by atoms with E-state index in [1.807, 2.05) is 0 Å². The molecule has 1 nitrogen and oxygen atoms in total. The highest BCUT2D eigenvalue weighted by molar-refractivity contribution is 9.10. The van der Waals surface area contributed by atoms with Crippen LogP contribution in [0.3, 0.4) is 0 Å². The first kappa shape index (κ1) is 1.86. The molecule has 54 valence electrons. The van der Waals surface area contributed by atoms with Crippen LogP contribution in [0.5, 0.6) is 0 Å². The van der Waals surface area contributed by atoms with Crippen molar-refractivity contribution in [3.8, 4) is 0 Å². The van der Waals surface area contributed by atoms with Crippen molar-refractivity contribution in [1.82, 2.24) is 4.98 Å². The van der Waals surface area contributed by atoms with Gasteiger partial charge in [0.05, 0.1) is 4.11 Å². The third-order valence-electron chi connectivity index (χ3n) is 0.737. The molecule has 10 heavy (non-hydrogen) atoms. The Balaban J connectivity index is 3.60. The van der Waals surface area contributed by atoms with Crippen LogP contribution in [0.25, 0.3) is 0 Å². The van der Waals surface area contributed by atoms with Gasteiger partial charge in [0, 0.05) is 25.9 Å². The lowest BCUT2D eigenvalue weighted by molar-refractivity contribution is 0.881. The van der Waals surface area contributed by atoms with Gasteiger partial charge < -0.3 is 0 Å². The van der Waals surface area contributed by atoms with E-state index in [2.05, 4.69) is 20.9 Å². The smallest absolute Gasteiger partial charge is 0.0852 e. The van der Waals surface area contributed by atoms with Crippen LogP contribution in [0.15, 0.2) is 22.7 Å². The van der Waals surface area contributed by atoms with E-state index in [0.29, 0.717) is 0 Å². The molecule has 2 heteroatoms. The number of rotatable bonds is 2. The second-order valence-electron chi connectivity index (χ2n) is 1.39. The highest BCUT2D eigenvalue weighted by Gasteiger charge is 1.90. The lowest BCUT2D eigenvalue weighted by Crippen LogP contribution is -1.86. The molecular weight excluding hydrogens is 190 g/mol. The van der Waals surface area contributed by atoms with Crippen LogP contribution >= 0.6 is 15.9 Å². The molecule has 0 aliphatic heterocycles. The van der Waals surface area contributed by atoms with Crippen LogP contribution in [-0.4, -0.2) is 4.98 Å². The van der Waals surface area contributed by atoms with Gasteiger partial charge in [0.25, 0.3) is 0 Å². The summed E-state index contributed by atoms with van der Waals surface area (Å²) in [6, 6.07) is -1.31. The number of hydrogen-bond acceptors (Lipinski definition) is 1. The predicted octanol–water partition coefficient (Wildman–Crippen LogP) is 2.80. The second-order valence-corrected chi connectivity index (χ2v) is 2.18. The van der Waals surface area contributed by atoms with E-state index >= 15 is 0 Å². The molecule has 1 aromatic heterocycles. The van der Waals surface area contributed by atoms with Crippen molar-refractivity contribution in [3.63, 3.8) is 0 Å². The number of hydrogen-bond donors (Lipinski definition) is 0. The van der Waals surface area contributed by atoms with Crippen LogP contribution in [0.1, 0.15) is 32.6 Å². The van der Waals surface area contributed by atoms with Crippen LogP contribution < -0.4 is 0 Å². The van der Waals surface area contributed by atoms with Gasteiger partial charge in [0.1, 0.15) is 0 Å². The van der Waals surface area contributed by atoms with Crippen LogP contribution in [0, 0.1) is 0 Å². The largest absolute Gasteiger partial charge is 0.260 e. The summed E-state index contributed by atoms with van der Waals surface area (Å²) < 4.78 is 74.1. The van der Waals surface area contributed by atoms with Crippen molar-refractivity contribution < 1.29 is 13.7 Å². The minimum atomic E-state index is -3.32. The Morgan fingerprint density at radius 3 is 3.60 bits per heavy atom. The summed E-state index contributed by atoms with van der Waals surface area (Å²) in [5.41, 5.74) is -0.878. The number of aryl methyl sites for hydroxylation is 1. The van der Waals surface area contributed by atoms with E-state index < -0.39 is 43.5 Å². The van der Waals surface area contributed by atoms with Crippen molar-refractivity contribution >= 4 is 15.9 Å². The molecule has 0 aromatic carbocycles. The molecule has 0 radical (unpaired) electrons. The molecule has 0 aliphatic carbocycles. The molecular formula is C8H10BrN. The maximum atomic E-state index is 7.70. The van der Waals surface area contributed by atoms with Gasteiger partial charge in [0.15, 0.2) is 0 Å². The summed E-state index contributed by atoms with van der Waals surface area (Å²) in [6.07, 6.45) is -7.04. The first-order chi connectivity index (χ1) is 8.75. The van der Waals surface area contributed by atoms with Gasteiger partial charge in [-0.3, -0.25) is 4.98 Å². The molecule has 0 saturated carbocycles. The molecule has 1 heterocycles. The molecule has 1 aromatic rings. The number of halogens is 1. The molecule has 0 N–H and O–H groups in total. The molecule has 0 aliphatic rings. The molecule has 1 rings (SSSR count). The van der Waals surface area contributed by atoms with Gasteiger partial charge in [-0.2, -0.15) is 0 Å². The maximum Gasteiger partial charge on any atom is 0.0852 e. The van der Waals surface area contributed by atoms with Crippen molar-refractivity contribution in [2.24, 2.45) is 0 Å². The van der Waals surface area contributed by atoms with Gasteiger partial charge in [-0.15, -0.1) is 0 Å². The first-order valence-corrected chi connectivity index (χ1v) is 3.18. The Kier molecular flexibility index (Phi) is 0.691. The van der Waals surface area contributed by atoms with Crippen molar-refractivity contribution in [2.45, 2.75) is 19.6 Å². The van der Waals surface area contributed by atoms with Gasteiger partial charge in [-0.05, 0) is 34.4 Å². The van der Waals surface area contributed by atoms with E-state index in [0.717, 1.165) is 0 Å². The summed E-state index contributed by atoms with van der Waals surface area (Å²) >= 11 is 2.84. The predicted molar refractivity (Wildman–Crippen MR) is 45.9 cm³/mol. The fourth-order valence-electron chi connectivity index (χ4n) is 0.393. The summed E-state index contributed by atoms with van der Waals surface area (Å²) in [5.74, 6) is 0. The molecule has 0 saturated heterocycles. The van der Waals surface area contributed by atoms with Crippen molar-refractivity contribution in [3.05, 3.63) is 28.4 Å². The first-order valence-electron chi connectivity index (χ1n) is 7.39. The molecule has 0 spiro atoms. The number of pyridine rings is 1. The number of nitrogens with zero attached hydrogens (tertiary/aromatic N) is 1. The third-order valence-corrected chi connectivity index (χ3v) is 1.11. The summed E-state index contributed by atoms with van der Waals surface area (Å²) in [6.45, 7) is -3.29. The number of aromatic nitrogens is 1. The Labute approximate surface area is 83.7 Å². The monoisotopic (exact) mass is 209 g/mol. The Hall–Kier alpha value is -0.370. The highest BCUT2D eigenvalue weighted by Crippen LogP contribution is 2.08.